The molecule has 3 aliphatic rings. The minimum Gasteiger partial charge on any atom is -0.469 e. The number of carbonyl (C=O) groups is 1. The molecule has 1 fully saturated rings. The van der Waals surface area contributed by atoms with Crippen LogP contribution in [0.1, 0.15) is 12.8 Å². The quantitative estimate of drug-likeness (QED) is 0.724. The van der Waals surface area contributed by atoms with Crippen LogP contribution in [0.4, 0.5) is 0 Å². The maximum Gasteiger partial charge on any atom is 0.313 e. The molecule has 5 nitrogen and oxygen atoms in total. The predicted molar refractivity (Wildman–Crippen MR) is 79.7 cm³/mol. The molecule has 116 valence electrons. The van der Waals surface area contributed by atoms with Gasteiger partial charge in [-0.3, -0.25) is 9.69 Å². The zero-order chi connectivity index (χ0) is 14.7. The Bertz CT molecular complexity index is 452. The largest absolute Gasteiger partial charge is 0.469 e. The molecule has 0 spiro atoms. The smallest absolute Gasteiger partial charge is 0.313 e. The van der Waals surface area contributed by atoms with E-state index in [1.807, 2.05) is 0 Å². The molecule has 0 bridgehead atoms. The van der Waals surface area contributed by atoms with Gasteiger partial charge in [0.05, 0.1) is 26.2 Å². The summed E-state index contributed by atoms with van der Waals surface area (Å²) in [6, 6.07) is 0. The third-order valence-corrected chi connectivity index (χ3v) is 4.66. The van der Waals surface area contributed by atoms with E-state index in [1.165, 1.54) is 18.4 Å². The molecular weight excluding hydrogens is 268 g/mol. The fraction of sp³-hybridized carbons (Fsp3) is 0.688. The van der Waals surface area contributed by atoms with Crippen molar-refractivity contribution in [2.75, 3.05) is 53.0 Å². The lowest BCUT2D eigenvalue weighted by Crippen LogP contribution is -2.40. The van der Waals surface area contributed by atoms with Crippen LogP contribution in [0.2, 0.25) is 0 Å². The molecule has 0 saturated carbocycles. The van der Waals surface area contributed by atoms with E-state index in [4.69, 9.17) is 9.47 Å². The lowest BCUT2D eigenvalue weighted by atomic mass is 9.89. The number of hydrogen-bond acceptors (Lipinski definition) is 5. The average Bonchev–Trinajstić information content (AvgIpc) is 2.96. The molecule has 1 aliphatic carbocycles. The predicted octanol–water partition coefficient (Wildman–Crippen LogP) is 1.03. The minimum absolute atomic E-state index is 0.0663. The number of hydrogen-bond donors (Lipinski definition) is 0. The number of esters is 1. The van der Waals surface area contributed by atoms with Crippen molar-refractivity contribution in [3.63, 3.8) is 0 Å². The first-order chi connectivity index (χ1) is 10.3. The number of morpholine rings is 1. The molecule has 0 aromatic heterocycles. The molecule has 2 aliphatic heterocycles. The van der Waals surface area contributed by atoms with Crippen LogP contribution in [0.15, 0.2) is 23.4 Å². The van der Waals surface area contributed by atoms with Crippen LogP contribution in [-0.4, -0.2) is 68.8 Å². The van der Waals surface area contributed by atoms with Crippen LogP contribution in [-0.2, 0) is 14.3 Å². The fourth-order valence-electron chi connectivity index (χ4n) is 3.43. The molecule has 0 aromatic rings. The zero-order valence-electron chi connectivity index (χ0n) is 12.7. The highest BCUT2D eigenvalue weighted by Crippen LogP contribution is 2.35. The van der Waals surface area contributed by atoms with Crippen molar-refractivity contribution in [2.45, 2.75) is 12.8 Å². The second-order valence-corrected chi connectivity index (χ2v) is 5.82. The van der Waals surface area contributed by atoms with Gasteiger partial charge < -0.3 is 14.4 Å². The van der Waals surface area contributed by atoms with Gasteiger partial charge in [0.15, 0.2) is 0 Å². The maximum absolute atomic E-state index is 11.9. The van der Waals surface area contributed by atoms with Gasteiger partial charge in [-0.15, -0.1) is 0 Å². The van der Waals surface area contributed by atoms with E-state index in [-0.39, 0.29) is 11.9 Å². The van der Waals surface area contributed by atoms with Crippen molar-refractivity contribution in [1.82, 2.24) is 9.80 Å². The van der Waals surface area contributed by atoms with Crippen LogP contribution in [0.3, 0.4) is 0 Å². The summed E-state index contributed by atoms with van der Waals surface area (Å²) in [4.78, 5) is 16.8. The van der Waals surface area contributed by atoms with Gasteiger partial charge in [0.25, 0.3) is 0 Å². The van der Waals surface area contributed by atoms with Gasteiger partial charge in [-0.05, 0) is 24.5 Å². The molecule has 1 saturated heterocycles. The van der Waals surface area contributed by atoms with Crippen molar-refractivity contribution in [1.29, 1.82) is 0 Å². The van der Waals surface area contributed by atoms with Crippen LogP contribution >= 0.6 is 0 Å². The SMILES string of the molecule is COC(=O)C1CC=CC2=C1CCN2CCN1CCOCC1. The molecule has 0 aromatic carbocycles. The van der Waals surface area contributed by atoms with Crippen LogP contribution in [0.25, 0.3) is 0 Å². The second-order valence-electron chi connectivity index (χ2n) is 5.82. The Kier molecular flexibility index (Phi) is 4.60. The minimum atomic E-state index is -0.0955. The van der Waals surface area contributed by atoms with Gasteiger partial charge in [0, 0.05) is 38.4 Å². The summed E-state index contributed by atoms with van der Waals surface area (Å²) in [5, 5.41) is 0. The summed E-state index contributed by atoms with van der Waals surface area (Å²) in [6.07, 6.45) is 6.06. The van der Waals surface area contributed by atoms with Crippen LogP contribution in [0.5, 0.6) is 0 Å². The van der Waals surface area contributed by atoms with E-state index in [9.17, 15) is 4.79 Å². The van der Waals surface area contributed by atoms with E-state index in [1.54, 1.807) is 0 Å². The molecule has 1 unspecified atom stereocenters. The Morgan fingerprint density at radius 3 is 2.90 bits per heavy atom. The third kappa shape index (κ3) is 3.14. The standard InChI is InChI=1S/C16H24N2O3/c1-20-16(19)14-3-2-4-15-13(14)5-6-18(15)8-7-17-9-11-21-12-10-17/h2,4,14H,3,5-12H2,1H3. The molecule has 3 rings (SSSR count). The van der Waals surface area contributed by atoms with E-state index < -0.39 is 0 Å². The molecule has 2 heterocycles. The van der Waals surface area contributed by atoms with Crippen molar-refractivity contribution < 1.29 is 14.3 Å². The first-order valence-electron chi connectivity index (χ1n) is 7.82. The summed E-state index contributed by atoms with van der Waals surface area (Å²) < 4.78 is 10.3. The molecule has 0 radical (unpaired) electrons. The van der Waals surface area contributed by atoms with Crippen molar-refractivity contribution >= 4 is 5.97 Å². The first kappa shape index (κ1) is 14.6. The van der Waals surface area contributed by atoms with E-state index in [0.29, 0.717) is 0 Å². The topological polar surface area (TPSA) is 42.0 Å². The first-order valence-corrected chi connectivity index (χ1v) is 7.82. The van der Waals surface area contributed by atoms with E-state index in [0.717, 1.165) is 58.8 Å². The molecule has 21 heavy (non-hydrogen) atoms. The Morgan fingerprint density at radius 2 is 2.14 bits per heavy atom. The monoisotopic (exact) mass is 292 g/mol. The van der Waals surface area contributed by atoms with Crippen molar-refractivity contribution in [2.24, 2.45) is 5.92 Å². The van der Waals surface area contributed by atoms with Crippen molar-refractivity contribution in [3.8, 4) is 0 Å². The summed E-state index contributed by atoms with van der Waals surface area (Å²) in [6.45, 7) is 6.86. The number of rotatable bonds is 4. The van der Waals surface area contributed by atoms with E-state index >= 15 is 0 Å². The lowest BCUT2D eigenvalue weighted by molar-refractivity contribution is -0.144. The third-order valence-electron chi connectivity index (χ3n) is 4.66. The molecule has 0 N–H and O–H groups in total. The van der Waals surface area contributed by atoms with Gasteiger partial charge >= 0.3 is 5.97 Å². The zero-order valence-corrected chi connectivity index (χ0v) is 12.7. The fourth-order valence-corrected chi connectivity index (χ4v) is 3.43. The number of allylic oxidation sites excluding steroid dienone is 2. The van der Waals surface area contributed by atoms with Crippen molar-refractivity contribution in [3.05, 3.63) is 23.4 Å². The Hall–Kier alpha value is -1.33. The number of ether oxygens (including phenoxy) is 2. The number of methoxy groups -OCH3 is 1. The van der Waals surface area contributed by atoms with Gasteiger partial charge in [-0.2, -0.15) is 0 Å². The number of nitrogens with zero attached hydrogens (tertiary/aromatic N) is 2. The maximum atomic E-state index is 11.9. The second kappa shape index (κ2) is 6.62. The Morgan fingerprint density at radius 1 is 1.33 bits per heavy atom. The van der Waals surface area contributed by atoms with Gasteiger partial charge in [0.2, 0.25) is 0 Å². The Balaban J connectivity index is 1.61. The lowest BCUT2D eigenvalue weighted by Gasteiger charge is -2.30. The van der Waals surface area contributed by atoms with Gasteiger partial charge in [-0.25, -0.2) is 0 Å². The molecule has 5 heteroatoms. The summed E-state index contributed by atoms with van der Waals surface area (Å²) in [7, 11) is 1.48. The number of carbonyl (C=O) groups excluding carboxylic acids is 1. The van der Waals surface area contributed by atoms with Gasteiger partial charge in [-0.1, -0.05) is 6.08 Å². The van der Waals surface area contributed by atoms with Gasteiger partial charge in [0.1, 0.15) is 0 Å². The molecule has 0 amide bonds. The summed E-state index contributed by atoms with van der Waals surface area (Å²) in [5.41, 5.74) is 2.52. The Labute approximate surface area is 126 Å². The van der Waals surface area contributed by atoms with E-state index in [2.05, 4.69) is 22.0 Å². The highest BCUT2D eigenvalue weighted by Gasteiger charge is 2.33. The highest BCUT2D eigenvalue weighted by molar-refractivity contribution is 5.77. The highest BCUT2D eigenvalue weighted by atomic mass is 16.5. The molecule has 1 atom stereocenters. The van der Waals surface area contributed by atoms with Crippen LogP contribution < -0.4 is 0 Å². The normalized spacial score (nSPS) is 26.1. The van der Waals surface area contributed by atoms with Crippen LogP contribution in [0, 0.1) is 5.92 Å². The molecular formula is C16H24N2O3. The summed E-state index contributed by atoms with van der Waals surface area (Å²) in [5.74, 6) is -0.162. The summed E-state index contributed by atoms with van der Waals surface area (Å²) >= 11 is 0. The average molecular weight is 292 g/mol.